The van der Waals surface area contributed by atoms with Gasteiger partial charge in [0.05, 0.1) is 0 Å². The highest BCUT2D eigenvalue weighted by Gasteiger charge is 2.37. The van der Waals surface area contributed by atoms with Crippen LogP contribution in [0.1, 0.15) is 39.2 Å². The Morgan fingerprint density at radius 3 is 2.53 bits per heavy atom. The van der Waals surface area contributed by atoms with Gasteiger partial charge in [-0.05, 0) is 25.8 Å². The Morgan fingerprint density at radius 1 is 1.18 bits per heavy atom. The van der Waals surface area contributed by atoms with Crippen LogP contribution < -0.4 is 5.32 Å². The average molecular weight is 232 g/mol. The number of fused-ring (bicyclic) bond motifs is 1. The molecule has 3 nitrogen and oxygen atoms in total. The summed E-state index contributed by atoms with van der Waals surface area (Å²) in [6.45, 7) is 7.07. The zero-order valence-electron chi connectivity index (χ0n) is 10.8. The zero-order chi connectivity index (χ0) is 12.3. The van der Waals surface area contributed by atoms with Crippen molar-refractivity contribution in [2.24, 2.45) is 4.99 Å². The number of hydrogen-bond acceptors (Lipinski definition) is 2. The first-order valence-corrected chi connectivity index (χ1v) is 6.35. The third-order valence-electron chi connectivity index (χ3n) is 3.40. The standard InChI is InChI=1S/C14H20N2O/c1-4-14(5-2)11-9-7-8-10-12(11)16-13(17-14)15-6-3/h7-10H,4-6H2,1-3H3,(H,15,16). The Balaban J connectivity index is 2.49. The Hall–Kier alpha value is -1.51. The van der Waals surface area contributed by atoms with Crippen molar-refractivity contribution in [3.8, 4) is 0 Å². The second-order valence-electron chi connectivity index (χ2n) is 4.25. The predicted molar refractivity (Wildman–Crippen MR) is 71.4 cm³/mol. The van der Waals surface area contributed by atoms with Crippen molar-refractivity contribution >= 4 is 11.7 Å². The van der Waals surface area contributed by atoms with E-state index in [0.717, 1.165) is 25.1 Å². The Labute approximate surface area is 103 Å². The van der Waals surface area contributed by atoms with E-state index in [0.29, 0.717) is 6.02 Å². The van der Waals surface area contributed by atoms with Crippen LogP contribution in [0, 0.1) is 0 Å². The number of para-hydroxylation sites is 1. The number of nitrogens with one attached hydrogen (secondary N) is 1. The predicted octanol–water partition coefficient (Wildman–Crippen LogP) is 3.52. The van der Waals surface area contributed by atoms with E-state index in [1.807, 2.05) is 13.0 Å². The molecule has 3 heteroatoms. The molecule has 0 aliphatic carbocycles. The fourth-order valence-corrected chi connectivity index (χ4v) is 2.36. The summed E-state index contributed by atoms with van der Waals surface area (Å²) in [6.07, 6.45) is 1.90. The molecule has 0 saturated carbocycles. The van der Waals surface area contributed by atoms with Crippen LogP contribution in [0.5, 0.6) is 0 Å². The zero-order valence-corrected chi connectivity index (χ0v) is 10.8. The van der Waals surface area contributed by atoms with E-state index in [9.17, 15) is 0 Å². The first-order chi connectivity index (χ1) is 8.25. The number of amidine groups is 1. The van der Waals surface area contributed by atoms with E-state index >= 15 is 0 Å². The van der Waals surface area contributed by atoms with Gasteiger partial charge in [0.2, 0.25) is 0 Å². The SMILES string of the molecule is CCN=C1Nc2ccccc2C(CC)(CC)O1. The summed E-state index contributed by atoms with van der Waals surface area (Å²) in [5, 5.41) is 3.25. The second-order valence-corrected chi connectivity index (χ2v) is 4.25. The molecule has 92 valence electrons. The van der Waals surface area contributed by atoms with Crippen molar-refractivity contribution < 1.29 is 4.74 Å². The second kappa shape index (κ2) is 4.78. The van der Waals surface area contributed by atoms with Gasteiger partial charge in [-0.3, -0.25) is 0 Å². The molecule has 0 saturated heterocycles. The summed E-state index contributed by atoms with van der Waals surface area (Å²) in [6, 6.07) is 8.97. The highest BCUT2D eigenvalue weighted by atomic mass is 16.5. The highest BCUT2D eigenvalue weighted by molar-refractivity contribution is 5.92. The summed E-state index contributed by atoms with van der Waals surface area (Å²) in [7, 11) is 0. The van der Waals surface area contributed by atoms with Crippen LogP contribution in [-0.2, 0) is 10.3 Å². The number of nitrogens with zero attached hydrogens (tertiary/aromatic N) is 1. The van der Waals surface area contributed by atoms with Gasteiger partial charge in [-0.15, -0.1) is 0 Å². The first kappa shape index (κ1) is 12.0. The smallest absolute Gasteiger partial charge is 0.290 e. The summed E-state index contributed by atoms with van der Waals surface area (Å²) in [4.78, 5) is 4.36. The molecule has 2 rings (SSSR count). The van der Waals surface area contributed by atoms with E-state index in [-0.39, 0.29) is 5.60 Å². The largest absolute Gasteiger partial charge is 0.453 e. The van der Waals surface area contributed by atoms with Crippen molar-refractivity contribution in [3.05, 3.63) is 29.8 Å². The molecule has 1 aromatic carbocycles. The monoisotopic (exact) mass is 232 g/mol. The number of anilines is 1. The molecule has 0 spiro atoms. The minimum absolute atomic E-state index is 0.226. The van der Waals surface area contributed by atoms with Gasteiger partial charge in [-0.25, -0.2) is 4.99 Å². The molecule has 0 atom stereocenters. The summed E-state index contributed by atoms with van der Waals surface area (Å²) in [5.74, 6) is 0. The highest BCUT2D eigenvalue weighted by Crippen LogP contribution is 2.40. The topological polar surface area (TPSA) is 33.6 Å². The molecule has 1 heterocycles. The third kappa shape index (κ3) is 2.02. The maximum Gasteiger partial charge on any atom is 0.290 e. The van der Waals surface area contributed by atoms with Crippen molar-refractivity contribution in [2.75, 3.05) is 11.9 Å². The normalized spacial score (nSPS) is 19.4. The average Bonchev–Trinajstić information content (AvgIpc) is 2.38. The third-order valence-corrected chi connectivity index (χ3v) is 3.40. The Bertz CT molecular complexity index is 422. The lowest BCUT2D eigenvalue weighted by atomic mass is 9.86. The number of benzene rings is 1. The van der Waals surface area contributed by atoms with E-state index in [1.54, 1.807) is 0 Å². The van der Waals surface area contributed by atoms with Crippen LogP contribution in [0.2, 0.25) is 0 Å². The van der Waals surface area contributed by atoms with Crippen LogP contribution in [-0.4, -0.2) is 12.6 Å². The number of ether oxygens (including phenoxy) is 1. The lowest BCUT2D eigenvalue weighted by Gasteiger charge is -2.39. The minimum Gasteiger partial charge on any atom is -0.453 e. The van der Waals surface area contributed by atoms with Gasteiger partial charge in [-0.2, -0.15) is 0 Å². The van der Waals surface area contributed by atoms with Gasteiger partial charge >= 0.3 is 0 Å². The van der Waals surface area contributed by atoms with E-state index < -0.39 is 0 Å². The molecule has 1 N–H and O–H groups in total. The molecule has 17 heavy (non-hydrogen) atoms. The molecular weight excluding hydrogens is 212 g/mol. The molecule has 0 unspecified atom stereocenters. The van der Waals surface area contributed by atoms with Crippen LogP contribution in [0.25, 0.3) is 0 Å². The number of hydrogen-bond donors (Lipinski definition) is 1. The van der Waals surface area contributed by atoms with Crippen molar-refractivity contribution in [2.45, 2.75) is 39.2 Å². The van der Waals surface area contributed by atoms with Gasteiger partial charge < -0.3 is 10.1 Å². The van der Waals surface area contributed by atoms with Gasteiger partial charge in [0.25, 0.3) is 6.02 Å². The molecular formula is C14H20N2O. The lowest BCUT2D eigenvalue weighted by molar-refractivity contribution is 0.0395. The van der Waals surface area contributed by atoms with Crippen LogP contribution in [0.3, 0.4) is 0 Å². The Morgan fingerprint density at radius 2 is 1.88 bits per heavy atom. The van der Waals surface area contributed by atoms with Crippen LogP contribution in [0.4, 0.5) is 5.69 Å². The minimum atomic E-state index is -0.226. The van der Waals surface area contributed by atoms with E-state index in [1.165, 1.54) is 5.56 Å². The van der Waals surface area contributed by atoms with Gasteiger partial charge in [0.1, 0.15) is 5.60 Å². The first-order valence-electron chi connectivity index (χ1n) is 6.35. The van der Waals surface area contributed by atoms with Gasteiger partial charge in [0, 0.05) is 17.8 Å². The lowest BCUT2D eigenvalue weighted by Crippen LogP contribution is -2.39. The molecule has 0 bridgehead atoms. The molecule has 0 amide bonds. The quantitative estimate of drug-likeness (QED) is 0.865. The number of rotatable bonds is 3. The molecule has 1 aromatic rings. The molecule has 1 aliphatic rings. The summed E-state index contributed by atoms with van der Waals surface area (Å²) >= 11 is 0. The van der Waals surface area contributed by atoms with E-state index in [4.69, 9.17) is 4.74 Å². The Kier molecular flexibility index (Phi) is 3.36. The molecule has 1 aliphatic heterocycles. The fourth-order valence-electron chi connectivity index (χ4n) is 2.36. The summed E-state index contributed by atoms with van der Waals surface area (Å²) < 4.78 is 6.08. The van der Waals surface area contributed by atoms with Crippen molar-refractivity contribution in [1.82, 2.24) is 0 Å². The molecule has 0 radical (unpaired) electrons. The van der Waals surface area contributed by atoms with Gasteiger partial charge in [-0.1, -0.05) is 32.0 Å². The van der Waals surface area contributed by atoms with Crippen LogP contribution >= 0.6 is 0 Å². The van der Waals surface area contributed by atoms with Crippen LogP contribution in [0.15, 0.2) is 29.3 Å². The maximum atomic E-state index is 6.08. The molecule has 0 fully saturated rings. The van der Waals surface area contributed by atoms with Crippen molar-refractivity contribution in [1.29, 1.82) is 0 Å². The fraction of sp³-hybridized carbons (Fsp3) is 0.500. The number of aliphatic imine (C=N–C) groups is 1. The summed E-state index contributed by atoms with van der Waals surface area (Å²) in [5.41, 5.74) is 2.13. The maximum absolute atomic E-state index is 6.08. The van der Waals surface area contributed by atoms with E-state index in [2.05, 4.69) is 42.4 Å². The van der Waals surface area contributed by atoms with Gasteiger partial charge in [0.15, 0.2) is 0 Å². The molecule has 0 aromatic heterocycles. The van der Waals surface area contributed by atoms with Crippen molar-refractivity contribution in [3.63, 3.8) is 0 Å².